The Labute approximate surface area is 215 Å². The molecule has 11 heteroatoms. The van der Waals surface area contributed by atoms with Gasteiger partial charge >= 0.3 is 13.2 Å². The van der Waals surface area contributed by atoms with Gasteiger partial charge in [0.1, 0.15) is 11.6 Å². The summed E-state index contributed by atoms with van der Waals surface area (Å²) < 4.78 is 17.5. The van der Waals surface area contributed by atoms with Gasteiger partial charge < -0.3 is 29.6 Å². The smallest absolute Gasteiger partial charge is 0.444 e. The van der Waals surface area contributed by atoms with Crippen LogP contribution in [-0.4, -0.2) is 71.1 Å². The maximum absolute atomic E-state index is 13.0. The van der Waals surface area contributed by atoms with E-state index in [-0.39, 0.29) is 17.9 Å². The van der Waals surface area contributed by atoms with Gasteiger partial charge in [-0.3, -0.25) is 4.79 Å². The summed E-state index contributed by atoms with van der Waals surface area (Å²) in [5, 5.41) is 5.81. The van der Waals surface area contributed by atoms with Crippen molar-refractivity contribution >= 4 is 30.5 Å². The Morgan fingerprint density at radius 2 is 1.72 bits per heavy atom. The molecule has 0 saturated carbocycles. The van der Waals surface area contributed by atoms with E-state index in [9.17, 15) is 9.59 Å². The van der Waals surface area contributed by atoms with Crippen LogP contribution in [0.2, 0.25) is 0 Å². The summed E-state index contributed by atoms with van der Waals surface area (Å²) >= 11 is 0. The number of nitrogens with one attached hydrogen (secondary N) is 2. The number of carbonyl (C=O) groups is 2. The highest BCUT2D eigenvalue weighted by atomic mass is 16.7. The average molecular weight is 503 g/mol. The van der Waals surface area contributed by atoms with E-state index in [0.717, 1.165) is 24.8 Å². The zero-order valence-corrected chi connectivity index (χ0v) is 23.2. The van der Waals surface area contributed by atoms with Gasteiger partial charge in [-0.25, -0.2) is 14.8 Å². The molecule has 2 aliphatic rings. The molecule has 0 bridgehead atoms. The zero-order chi connectivity index (χ0) is 26.9. The summed E-state index contributed by atoms with van der Waals surface area (Å²) in [6.07, 6.45) is 4.61. The third-order valence-corrected chi connectivity index (χ3v) is 6.86. The summed E-state index contributed by atoms with van der Waals surface area (Å²) in [4.78, 5) is 36.5. The summed E-state index contributed by atoms with van der Waals surface area (Å²) in [7, 11) is -0.511. The molecule has 2 atom stereocenters. The highest BCUT2D eigenvalue weighted by Crippen LogP contribution is 2.36. The molecule has 2 amide bonds. The first kappa shape index (κ1) is 28.2. The van der Waals surface area contributed by atoms with E-state index in [1.807, 2.05) is 41.5 Å². The molecule has 2 fully saturated rings. The maximum Gasteiger partial charge on any atom is 0.498 e. The van der Waals surface area contributed by atoms with Gasteiger partial charge in [-0.1, -0.05) is 13.8 Å². The van der Waals surface area contributed by atoms with Crippen LogP contribution in [0.4, 0.5) is 10.7 Å². The van der Waals surface area contributed by atoms with Gasteiger partial charge in [0.25, 0.3) is 0 Å². The van der Waals surface area contributed by atoms with Crippen molar-refractivity contribution in [1.29, 1.82) is 0 Å². The zero-order valence-electron chi connectivity index (χ0n) is 23.2. The molecule has 0 spiro atoms. The average Bonchev–Trinajstić information content (AvgIpc) is 2.98. The molecule has 2 saturated heterocycles. The van der Waals surface area contributed by atoms with Gasteiger partial charge in [-0.05, 0) is 67.2 Å². The Bertz CT molecular complexity index is 916. The molecule has 0 aliphatic carbocycles. The number of anilines is 1. The number of aromatic nitrogens is 2. The number of hydrogen-bond acceptors (Lipinski definition) is 8. The van der Waals surface area contributed by atoms with Crippen molar-refractivity contribution < 1.29 is 23.6 Å². The molecular formula is C25H42BN5O5. The number of hydrogen-bond donors (Lipinski definition) is 2. The molecule has 0 radical (unpaired) electrons. The predicted octanol–water partition coefficient (Wildman–Crippen LogP) is 2.41. The van der Waals surface area contributed by atoms with Crippen LogP contribution in [0, 0.1) is 5.92 Å². The third-order valence-electron chi connectivity index (χ3n) is 6.86. The van der Waals surface area contributed by atoms with Gasteiger partial charge in [0.05, 0.1) is 11.2 Å². The lowest BCUT2D eigenvalue weighted by atomic mass is 9.81. The quantitative estimate of drug-likeness (QED) is 0.569. The summed E-state index contributed by atoms with van der Waals surface area (Å²) in [6, 6.07) is -0.773. The summed E-state index contributed by atoms with van der Waals surface area (Å²) in [5.41, 5.74) is -0.724. The standard InChI is InChI=1S/C25H42BN5O5/c1-16(2)19(30-22(33)34-23(3,4)5)20(32)29-18-11-10-12-31(15-18)21-27-13-17(14-28-21)26-35-24(6,7)25(8,9)36-26/h13-14,16,18-19H,10-12,15H2,1-9H3,(H,29,32)(H,30,33)/t18-,19+/m0/s1. The molecule has 2 N–H and O–H groups in total. The number of alkyl carbamates (subject to hydrolysis) is 1. The fraction of sp³-hybridized carbons (Fsp3) is 0.760. The molecule has 1 aromatic heterocycles. The molecule has 36 heavy (non-hydrogen) atoms. The molecule has 2 aliphatic heterocycles. The number of nitrogens with zero attached hydrogens (tertiary/aromatic N) is 3. The van der Waals surface area contributed by atoms with Crippen LogP contribution < -0.4 is 21.0 Å². The molecule has 3 heterocycles. The molecule has 0 aromatic carbocycles. The Balaban J connectivity index is 1.59. The van der Waals surface area contributed by atoms with Crippen molar-refractivity contribution in [2.45, 2.75) is 104 Å². The monoisotopic (exact) mass is 503 g/mol. The van der Waals surface area contributed by atoms with E-state index in [0.29, 0.717) is 12.5 Å². The number of carbonyl (C=O) groups excluding carboxylic acids is 2. The van der Waals surface area contributed by atoms with E-state index in [4.69, 9.17) is 14.0 Å². The van der Waals surface area contributed by atoms with Crippen molar-refractivity contribution in [3.8, 4) is 0 Å². The fourth-order valence-corrected chi connectivity index (χ4v) is 4.13. The second-order valence-corrected chi connectivity index (χ2v) is 12.1. The van der Waals surface area contributed by atoms with Gasteiger partial charge in [-0.2, -0.15) is 0 Å². The van der Waals surface area contributed by atoms with E-state index >= 15 is 0 Å². The van der Waals surface area contributed by atoms with Crippen molar-refractivity contribution in [2.24, 2.45) is 5.92 Å². The van der Waals surface area contributed by atoms with Crippen molar-refractivity contribution in [3.05, 3.63) is 12.4 Å². The van der Waals surface area contributed by atoms with Gasteiger partial charge in [0, 0.05) is 37.0 Å². The van der Waals surface area contributed by atoms with Crippen LogP contribution in [0.1, 0.15) is 75.2 Å². The second kappa shape index (κ2) is 10.5. The Kier molecular flexibility index (Phi) is 8.25. The second-order valence-electron chi connectivity index (χ2n) is 12.1. The lowest BCUT2D eigenvalue weighted by molar-refractivity contribution is -0.125. The van der Waals surface area contributed by atoms with Gasteiger partial charge in [-0.15, -0.1) is 0 Å². The topological polar surface area (TPSA) is 115 Å². The van der Waals surface area contributed by atoms with Crippen LogP contribution in [-0.2, 0) is 18.8 Å². The van der Waals surface area contributed by atoms with Crippen LogP contribution >= 0.6 is 0 Å². The Morgan fingerprint density at radius 1 is 1.14 bits per heavy atom. The minimum atomic E-state index is -0.689. The third kappa shape index (κ3) is 6.88. The van der Waals surface area contributed by atoms with Crippen LogP contribution in [0.3, 0.4) is 0 Å². The largest absolute Gasteiger partial charge is 0.498 e. The summed E-state index contributed by atoms with van der Waals surface area (Å²) in [5.74, 6) is 0.282. The number of piperidine rings is 1. The molecule has 10 nitrogen and oxygen atoms in total. The lowest BCUT2D eigenvalue weighted by Crippen LogP contribution is -2.56. The molecule has 200 valence electrons. The SMILES string of the molecule is CC(C)[C@@H](NC(=O)OC(C)(C)C)C(=O)N[C@H]1CCCN(c2ncc(B3OC(C)(C)C(C)(C)O3)cn2)C1. The molecular weight excluding hydrogens is 461 g/mol. The normalized spacial score (nSPS) is 22.3. The maximum atomic E-state index is 13.0. The molecule has 0 unspecified atom stereocenters. The first-order chi connectivity index (χ1) is 16.6. The van der Waals surface area contributed by atoms with E-state index in [1.165, 1.54) is 0 Å². The summed E-state index contributed by atoms with van der Waals surface area (Å²) in [6.45, 7) is 18.6. The van der Waals surface area contributed by atoms with E-state index < -0.39 is 36.1 Å². The molecule has 1 aromatic rings. The van der Waals surface area contributed by atoms with E-state index in [2.05, 4.69) is 25.5 Å². The van der Waals surface area contributed by atoms with Crippen LogP contribution in [0.5, 0.6) is 0 Å². The number of amides is 2. The Morgan fingerprint density at radius 3 is 2.25 bits per heavy atom. The first-order valence-corrected chi connectivity index (χ1v) is 12.8. The highest BCUT2D eigenvalue weighted by molar-refractivity contribution is 6.61. The Hall–Kier alpha value is -2.40. The lowest BCUT2D eigenvalue weighted by Gasteiger charge is -2.34. The van der Waals surface area contributed by atoms with Crippen molar-refractivity contribution in [2.75, 3.05) is 18.0 Å². The van der Waals surface area contributed by atoms with Crippen molar-refractivity contribution in [1.82, 2.24) is 20.6 Å². The fourth-order valence-electron chi connectivity index (χ4n) is 4.13. The number of ether oxygens (including phenoxy) is 1. The highest BCUT2D eigenvalue weighted by Gasteiger charge is 2.52. The van der Waals surface area contributed by atoms with Gasteiger partial charge in [0.2, 0.25) is 11.9 Å². The van der Waals surface area contributed by atoms with Gasteiger partial charge in [0.15, 0.2) is 0 Å². The minimum absolute atomic E-state index is 0.0840. The minimum Gasteiger partial charge on any atom is -0.444 e. The predicted molar refractivity (Wildman–Crippen MR) is 139 cm³/mol. The van der Waals surface area contributed by atoms with Crippen LogP contribution in [0.25, 0.3) is 0 Å². The molecule has 3 rings (SSSR count). The van der Waals surface area contributed by atoms with E-state index in [1.54, 1.807) is 33.2 Å². The first-order valence-electron chi connectivity index (χ1n) is 12.8. The van der Waals surface area contributed by atoms with Crippen molar-refractivity contribution in [3.63, 3.8) is 0 Å². The van der Waals surface area contributed by atoms with Crippen LogP contribution in [0.15, 0.2) is 12.4 Å². The number of rotatable bonds is 6.